The van der Waals surface area contributed by atoms with Crippen LogP contribution in [-0.4, -0.2) is 15.4 Å². The molecule has 150 valence electrons. The Kier molecular flexibility index (Phi) is 10.6. The molecule has 0 aliphatic rings. The molecule has 0 fully saturated rings. The number of rotatable bonds is 9. The standard InChI is InChI=1S/C12H10.C10H23O4P/c1-3-7-11(8-4-1)12-9-5-2-6-10-12;1-4-7-8-9-10(5-2,6-3)14-15(11,12)13/h1-10H;4-9H2,1-3H3,(H2,11,12,13). The van der Waals surface area contributed by atoms with Gasteiger partial charge in [0.25, 0.3) is 0 Å². The van der Waals surface area contributed by atoms with E-state index in [9.17, 15) is 4.57 Å². The van der Waals surface area contributed by atoms with Crippen LogP contribution < -0.4 is 0 Å². The molecule has 2 rings (SSSR count). The predicted molar refractivity (Wildman–Crippen MR) is 112 cm³/mol. The van der Waals surface area contributed by atoms with Crippen LogP contribution in [0.4, 0.5) is 0 Å². The molecule has 0 spiro atoms. The van der Waals surface area contributed by atoms with Crippen LogP contribution in [0.5, 0.6) is 0 Å². The molecule has 0 aromatic heterocycles. The van der Waals surface area contributed by atoms with E-state index >= 15 is 0 Å². The maximum atomic E-state index is 10.9. The van der Waals surface area contributed by atoms with Crippen molar-refractivity contribution in [3.8, 4) is 11.1 Å². The van der Waals surface area contributed by atoms with Crippen molar-refractivity contribution < 1.29 is 18.9 Å². The van der Waals surface area contributed by atoms with Gasteiger partial charge in [-0.1, -0.05) is 101 Å². The lowest BCUT2D eigenvalue weighted by Crippen LogP contribution is -2.29. The van der Waals surface area contributed by atoms with Gasteiger partial charge < -0.3 is 9.79 Å². The van der Waals surface area contributed by atoms with Crippen LogP contribution in [0.1, 0.15) is 59.3 Å². The molecular weight excluding hydrogens is 359 g/mol. The van der Waals surface area contributed by atoms with Crippen molar-refractivity contribution in [2.75, 3.05) is 0 Å². The van der Waals surface area contributed by atoms with Gasteiger partial charge in [0.2, 0.25) is 0 Å². The minimum absolute atomic E-state index is 0.637. The van der Waals surface area contributed by atoms with Crippen LogP contribution in [-0.2, 0) is 9.09 Å². The van der Waals surface area contributed by atoms with Crippen LogP contribution in [0, 0.1) is 0 Å². The Hall–Kier alpha value is -1.45. The van der Waals surface area contributed by atoms with Crippen LogP contribution >= 0.6 is 7.82 Å². The van der Waals surface area contributed by atoms with Crippen molar-refractivity contribution in [1.82, 2.24) is 0 Å². The first-order chi connectivity index (χ1) is 12.9. The van der Waals surface area contributed by atoms with Gasteiger partial charge in [-0.3, -0.25) is 4.52 Å². The quantitative estimate of drug-likeness (QED) is 0.373. The Labute approximate surface area is 163 Å². The molecule has 0 saturated heterocycles. The van der Waals surface area contributed by atoms with Gasteiger partial charge in [0.1, 0.15) is 0 Å². The summed E-state index contributed by atoms with van der Waals surface area (Å²) < 4.78 is 15.8. The highest BCUT2D eigenvalue weighted by Crippen LogP contribution is 2.45. The number of benzene rings is 2. The fraction of sp³-hybridized carbons (Fsp3) is 0.455. The first-order valence-corrected chi connectivity index (χ1v) is 11.3. The molecule has 0 heterocycles. The van der Waals surface area contributed by atoms with Gasteiger partial charge in [-0.25, -0.2) is 4.57 Å². The summed E-state index contributed by atoms with van der Waals surface area (Å²) in [6.45, 7) is 5.92. The minimum Gasteiger partial charge on any atom is -0.303 e. The summed E-state index contributed by atoms with van der Waals surface area (Å²) in [5.41, 5.74) is 1.91. The molecule has 0 aliphatic heterocycles. The molecule has 5 heteroatoms. The average molecular weight is 392 g/mol. The highest BCUT2D eigenvalue weighted by molar-refractivity contribution is 7.46. The van der Waals surface area contributed by atoms with Gasteiger partial charge in [-0.05, 0) is 30.4 Å². The number of hydrogen-bond donors (Lipinski definition) is 2. The number of hydrogen-bond acceptors (Lipinski definition) is 2. The second-order valence-electron chi connectivity index (χ2n) is 6.66. The van der Waals surface area contributed by atoms with Crippen molar-refractivity contribution in [3.05, 3.63) is 60.7 Å². The molecular formula is C22H33O4P. The molecule has 0 aliphatic carbocycles. The summed E-state index contributed by atoms with van der Waals surface area (Å²) >= 11 is 0. The second kappa shape index (κ2) is 12.1. The zero-order valence-electron chi connectivity index (χ0n) is 16.7. The van der Waals surface area contributed by atoms with E-state index in [1.54, 1.807) is 0 Å². The van der Waals surface area contributed by atoms with E-state index < -0.39 is 13.4 Å². The van der Waals surface area contributed by atoms with Crippen molar-refractivity contribution in [1.29, 1.82) is 0 Å². The summed E-state index contributed by atoms with van der Waals surface area (Å²) in [6.07, 6.45) is 5.12. The highest BCUT2D eigenvalue weighted by Gasteiger charge is 2.34. The van der Waals surface area contributed by atoms with Gasteiger partial charge in [0, 0.05) is 0 Å². The lowest BCUT2D eigenvalue weighted by atomic mass is 9.91. The Balaban J connectivity index is 0.000000274. The summed E-state index contributed by atoms with van der Waals surface area (Å²) in [4.78, 5) is 17.7. The normalized spacial score (nSPS) is 11.6. The number of phosphoric acid groups is 1. The third kappa shape index (κ3) is 9.34. The van der Waals surface area contributed by atoms with E-state index in [4.69, 9.17) is 14.3 Å². The van der Waals surface area contributed by atoms with E-state index in [0.29, 0.717) is 12.8 Å². The van der Waals surface area contributed by atoms with Gasteiger partial charge in [-0.15, -0.1) is 0 Å². The third-order valence-electron chi connectivity index (χ3n) is 4.72. The molecule has 0 atom stereocenters. The zero-order valence-corrected chi connectivity index (χ0v) is 17.6. The van der Waals surface area contributed by atoms with E-state index in [0.717, 1.165) is 25.7 Å². The van der Waals surface area contributed by atoms with Crippen molar-refractivity contribution in [3.63, 3.8) is 0 Å². The van der Waals surface area contributed by atoms with Crippen molar-refractivity contribution in [2.45, 2.75) is 64.9 Å². The molecule has 2 aromatic rings. The Morgan fingerprint density at radius 3 is 1.59 bits per heavy atom. The molecule has 0 amide bonds. The Morgan fingerprint density at radius 2 is 1.26 bits per heavy atom. The molecule has 0 bridgehead atoms. The highest BCUT2D eigenvalue weighted by atomic mass is 31.2. The SMILES string of the molecule is CCCCCC(CC)(CC)OP(=O)(O)O.c1ccc(-c2ccccc2)cc1. The van der Waals surface area contributed by atoms with Crippen LogP contribution in [0.3, 0.4) is 0 Å². The average Bonchev–Trinajstić information content (AvgIpc) is 2.68. The van der Waals surface area contributed by atoms with E-state index in [2.05, 4.69) is 55.5 Å². The summed E-state index contributed by atoms with van der Waals surface area (Å²) in [5, 5.41) is 0. The van der Waals surface area contributed by atoms with E-state index in [-0.39, 0.29) is 0 Å². The van der Waals surface area contributed by atoms with E-state index in [1.807, 2.05) is 26.0 Å². The number of unbranched alkanes of at least 4 members (excludes halogenated alkanes) is 2. The smallest absolute Gasteiger partial charge is 0.303 e. The van der Waals surface area contributed by atoms with Gasteiger partial charge in [0.05, 0.1) is 5.60 Å². The lowest BCUT2D eigenvalue weighted by Gasteiger charge is -2.31. The molecule has 0 saturated carbocycles. The van der Waals surface area contributed by atoms with Gasteiger partial charge in [-0.2, -0.15) is 0 Å². The predicted octanol–water partition coefficient (Wildman–Crippen LogP) is 6.59. The summed E-state index contributed by atoms with van der Waals surface area (Å²) in [5.74, 6) is 0. The maximum absolute atomic E-state index is 10.9. The molecule has 4 nitrogen and oxygen atoms in total. The van der Waals surface area contributed by atoms with Crippen LogP contribution in [0.15, 0.2) is 60.7 Å². The first-order valence-electron chi connectivity index (χ1n) is 9.72. The van der Waals surface area contributed by atoms with Crippen LogP contribution in [0.2, 0.25) is 0 Å². The monoisotopic (exact) mass is 392 g/mol. The Bertz CT molecular complexity index is 626. The Morgan fingerprint density at radius 1 is 0.815 bits per heavy atom. The van der Waals surface area contributed by atoms with Crippen LogP contribution in [0.25, 0.3) is 11.1 Å². The largest absolute Gasteiger partial charge is 0.470 e. The summed E-state index contributed by atoms with van der Waals surface area (Å²) in [6, 6.07) is 20.8. The third-order valence-corrected chi connectivity index (χ3v) is 5.34. The number of phosphoric ester groups is 1. The molecule has 0 unspecified atom stereocenters. The zero-order chi connectivity index (χ0) is 20.2. The topological polar surface area (TPSA) is 66.8 Å². The second-order valence-corrected chi connectivity index (χ2v) is 7.82. The minimum atomic E-state index is -4.37. The lowest BCUT2D eigenvalue weighted by molar-refractivity contribution is 0.0174. The van der Waals surface area contributed by atoms with Gasteiger partial charge >= 0.3 is 7.82 Å². The molecule has 27 heavy (non-hydrogen) atoms. The fourth-order valence-electron chi connectivity index (χ4n) is 2.99. The van der Waals surface area contributed by atoms with E-state index in [1.165, 1.54) is 11.1 Å². The molecule has 2 aromatic carbocycles. The maximum Gasteiger partial charge on any atom is 0.470 e. The van der Waals surface area contributed by atoms with Crippen molar-refractivity contribution in [2.24, 2.45) is 0 Å². The first kappa shape index (κ1) is 23.6. The van der Waals surface area contributed by atoms with Crippen molar-refractivity contribution >= 4 is 7.82 Å². The van der Waals surface area contributed by atoms with Gasteiger partial charge in [0.15, 0.2) is 0 Å². The summed E-state index contributed by atoms with van der Waals surface area (Å²) in [7, 11) is -4.37. The fourth-order valence-corrected chi connectivity index (χ4v) is 3.84. The molecule has 0 radical (unpaired) electrons. The molecule has 2 N–H and O–H groups in total.